The summed E-state index contributed by atoms with van der Waals surface area (Å²) in [7, 11) is -3.69. The molecule has 0 atom stereocenters. The van der Waals surface area contributed by atoms with Crippen molar-refractivity contribution in [3.63, 3.8) is 0 Å². The Bertz CT molecular complexity index is 974. The Hall–Kier alpha value is -2.49. The van der Waals surface area contributed by atoms with Crippen LogP contribution in [0.25, 0.3) is 6.08 Å². The van der Waals surface area contributed by atoms with Crippen molar-refractivity contribution >= 4 is 39.3 Å². The molecule has 3 rings (SSSR count). The van der Waals surface area contributed by atoms with Crippen molar-refractivity contribution in [1.29, 1.82) is 0 Å². The number of amides is 1. The Morgan fingerprint density at radius 3 is 2.38 bits per heavy atom. The fourth-order valence-corrected chi connectivity index (χ4v) is 4.97. The molecule has 1 aliphatic rings. The molecule has 1 aromatic heterocycles. The van der Waals surface area contributed by atoms with E-state index in [-0.39, 0.29) is 30.5 Å². The lowest BCUT2D eigenvalue weighted by Gasteiger charge is -2.33. The van der Waals surface area contributed by atoms with Crippen LogP contribution in [-0.2, 0) is 19.6 Å². The molecule has 0 N–H and O–H groups in total. The zero-order valence-corrected chi connectivity index (χ0v) is 17.6. The number of thiophene rings is 1. The van der Waals surface area contributed by atoms with Crippen LogP contribution in [0.3, 0.4) is 0 Å². The van der Waals surface area contributed by atoms with E-state index in [1.165, 1.54) is 34.6 Å². The molecule has 1 saturated heterocycles. The molecule has 1 aliphatic heterocycles. The van der Waals surface area contributed by atoms with Crippen molar-refractivity contribution in [2.45, 2.75) is 11.8 Å². The summed E-state index contributed by atoms with van der Waals surface area (Å²) in [5.41, 5.74) is 1.27. The number of carbonyl (C=O) groups is 2. The molecule has 0 aliphatic carbocycles. The van der Waals surface area contributed by atoms with Gasteiger partial charge in [0.1, 0.15) is 0 Å². The van der Waals surface area contributed by atoms with Gasteiger partial charge in [0.05, 0.1) is 17.1 Å². The van der Waals surface area contributed by atoms with Crippen LogP contribution in [0.4, 0.5) is 0 Å². The lowest BCUT2D eigenvalue weighted by atomic mass is 10.2. The van der Waals surface area contributed by atoms with Gasteiger partial charge >= 0.3 is 5.97 Å². The minimum atomic E-state index is -3.69. The molecule has 0 bridgehead atoms. The Morgan fingerprint density at radius 2 is 1.79 bits per heavy atom. The molecule has 2 heterocycles. The highest BCUT2D eigenvalue weighted by atomic mass is 32.2. The smallest absolute Gasteiger partial charge is 0.338 e. The number of rotatable bonds is 6. The first-order valence-electron chi connectivity index (χ1n) is 9.18. The van der Waals surface area contributed by atoms with Gasteiger partial charge < -0.3 is 9.64 Å². The van der Waals surface area contributed by atoms with Crippen molar-refractivity contribution in [1.82, 2.24) is 9.21 Å². The molecule has 1 fully saturated rings. The SMILES string of the molecule is CCOC(=O)c1ccc(S(=O)(=O)N2CCN(C(=O)C=Cc3ccsc3)CC2)cc1. The van der Waals surface area contributed by atoms with E-state index in [9.17, 15) is 18.0 Å². The maximum absolute atomic E-state index is 12.8. The second kappa shape index (κ2) is 9.34. The number of benzene rings is 1. The lowest BCUT2D eigenvalue weighted by Crippen LogP contribution is -2.50. The number of hydrogen-bond acceptors (Lipinski definition) is 6. The summed E-state index contributed by atoms with van der Waals surface area (Å²) in [6, 6.07) is 7.62. The Balaban J connectivity index is 1.60. The van der Waals surface area contributed by atoms with E-state index >= 15 is 0 Å². The van der Waals surface area contributed by atoms with Crippen LogP contribution >= 0.6 is 11.3 Å². The van der Waals surface area contributed by atoms with Gasteiger partial charge in [-0.3, -0.25) is 4.79 Å². The normalized spacial score (nSPS) is 15.6. The quantitative estimate of drug-likeness (QED) is 0.515. The molecule has 1 aromatic carbocycles. The number of ether oxygens (including phenoxy) is 1. The first kappa shape index (κ1) is 21.2. The third-order valence-corrected chi connectivity index (χ3v) is 7.13. The third-order valence-electron chi connectivity index (χ3n) is 4.52. The van der Waals surface area contributed by atoms with E-state index in [2.05, 4.69) is 0 Å². The molecular formula is C20H22N2O5S2. The van der Waals surface area contributed by atoms with E-state index in [4.69, 9.17) is 4.74 Å². The van der Waals surface area contributed by atoms with Gasteiger partial charge in [0.15, 0.2) is 0 Å². The molecule has 0 spiro atoms. The standard InChI is InChI=1S/C20H22N2O5S2/c1-2-27-20(24)17-4-6-18(7-5-17)29(25,26)22-12-10-21(11-13-22)19(23)8-3-16-9-14-28-15-16/h3-9,14-15H,2,10-13H2,1H3. The van der Waals surface area contributed by atoms with Crippen LogP contribution in [0.1, 0.15) is 22.8 Å². The van der Waals surface area contributed by atoms with Crippen LogP contribution in [0, 0.1) is 0 Å². The van der Waals surface area contributed by atoms with Gasteiger partial charge in [0, 0.05) is 32.3 Å². The van der Waals surface area contributed by atoms with E-state index in [0.29, 0.717) is 18.7 Å². The fraction of sp³-hybridized carbons (Fsp3) is 0.300. The third kappa shape index (κ3) is 5.11. The number of piperazine rings is 1. The monoisotopic (exact) mass is 434 g/mol. The predicted molar refractivity (Wildman–Crippen MR) is 111 cm³/mol. The van der Waals surface area contributed by atoms with Gasteiger partial charge in [-0.1, -0.05) is 0 Å². The number of hydrogen-bond donors (Lipinski definition) is 0. The molecule has 0 unspecified atom stereocenters. The second-order valence-electron chi connectivity index (χ2n) is 6.36. The fourth-order valence-electron chi connectivity index (χ4n) is 2.92. The molecule has 7 nitrogen and oxygen atoms in total. The summed E-state index contributed by atoms with van der Waals surface area (Å²) >= 11 is 1.56. The molecule has 9 heteroatoms. The molecule has 154 valence electrons. The van der Waals surface area contributed by atoms with Crippen molar-refractivity contribution in [3.05, 3.63) is 58.3 Å². The van der Waals surface area contributed by atoms with Gasteiger partial charge in [-0.2, -0.15) is 15.6 Å². The van der Waals surface area contributed by atoms with Gasteiger partial charge in [0.25, 0.3) is 0 Å². The molecule has 1 amide bonds. The summed E-state index contributed by atoms with van der Waals surface area (Å²) in [5, 5.41) is 3.88. The van der Waals surface area contributed by atoms with Gasteiger partial charge in [-0.15, -0.1) is 0 Å². The van der Waals surface area contributed by atoms with Crippen LogP contribution in [0.2, 0.25) is 0 Å². The lowest BCUT2D eigenvalue weighted by molar-refractivity contribution is -0.127. The summed E-state index contributed by atoms with van der Waals surface area (Å²) in [6.45, 7) is 3.06. The Labute approximate surface area is 174 Å². The largest absolute Gasteiger partial charge is 0.462 e. The topological polar surface area (TPSA) is 84.0 Å². The number of nitrogens with zero attached hydrogens (tertiary/aromatic N) is 2. The molecule has 2 aromatic rings. The van der Waals surface area contributed by atoms with E-state index in [1.54, 1.807) is 29.2 Å². The molecule has 29 heavy (non-hydrogen) atoms. The minimum absolute atomic E-state index is 0.114. The van der Waals surface area contributed by atoms with Crippen LogP contribution in [0.5, 0.6) is 0 Å². The van der Waals surface area contributed by atoms with E-state index < -0.39 is 16.0 Å². The highest BCUT2D eigenvalue weighted by molar-refractivity contribution is 7.89. The first-order valence-corrected chi connectivity index (χ1v) is 11.6. The van der Waals surface area contributed by atoms with Gasteiger partial charge in [0.2, 0.25) is 15.9 Å². The van der Waals surface area contributed by atoms with E-state index in [0.717, 1.165) is 5.56 Å². The average Bonchev–Trinajstić information content (AvgIpc) is 3.26. The van der Waals surface area contributed by atoms with Crippen molar-refractivity contribution < 1.29 is 22.7 Å². The van der Waals surface area contributed by atoms with Crippen molar-refractivity contribution in [2.75, 3.05) is 32.8 Å². The van der Waals surface area contributed by atoms with Crippen LogP contribution < -0.4 is 0 Å². The predicted octanol–water partition coefficient (Wildman–Crippen LogP) is 2.47. The van der Waals surface area contributed by atoms with Crippen LogP contribution in [-0.4, -0.2) is 62.3 Å². The number of carbonyl (C=O) groups excluding carboxylic acids is 2. The number of sulfonamides is 1. The zero-order valence-electron chi connectivity index (χ0n) is 16.0. The van der Waals surface area contributed by atoms with Crippen molar-refractivity contribution in [2.24, 2.45) is 0 Å². The molecule has 0 saturated carbocycles. The average molecular weight is 435 g/mol. The minimum Gasteiger partial charge on any atom is -0.462 e. The van der Waals surface area contributed by atoms with Gasteiger partial charge in [-0.05, 0) is 59.7 Å². The summed E-state index contributed by atoms with van der Waals surface area (Å²) < 4.78 is 32.0. The van der Waals surface area contributed by atoms with E-state index in [1.807, 2.05) is 16.8 Å². The summed E-state index contributed by atoms with van der Waals surface area (Å²) in [4.78, 5) is 25.8. The molecule has 0 radical (unpaired) electrons. The maximum Gasteiger partial charge on any atom is 0.338 e. The van der Waals surface area contributed by atoms with Crippen LogP contribution in [0.15, 0.2) is 52.1 Å². The second-order valence-corrected chi connectivity index (χ2v) is 9.08. The highest BCUT2D eigenvalue weighted by Gasteiger charge is 2.29. The summed E-state index contributed by atoms with van der Waals surface area (Å²) in [5.74, 6) is -0.619. The van der Waals surface area contributed by atoms with Gasteiger partial charge in [-0.25, -0.2) is 13.2 Å². The maximum atomic E-state index is 12.8. The highest BCUT2D eigenvalue weighted by Crippen LogP contribution is 2.19. The Kier molecular flexibility index (Phi) is 6.83. The Morgan fingerprint density at radius 1 is 1.10 bits per heavy atom. The number of esters is 1. The summed E-state index contributed by atoms with van der Waals surface area (Å²) in [6.07, 6.45) is 3.27. The zero-order chi connectivity index (χ0) is 20.9. The molecular weight excluding hydrogens is 412 g/mol. The first-order chi connectivity index (χ1) is 13.9. The van der Waals surface area contributed by atoms with Crippen molar-refractivity contribution in [3.8, 4) is 0 Å².